The number of ether oxygens (including phenoxy) is 2. The highest BCUT2D eigenvalue weighted by Crippen LogP contribution is 2.50. The molecular formula is C15H22O4. The van der Waals surface area contributed by atoms with Gasteiger partial charge in [-0.05, 0) is 38.7 Å². The number of allylic oxidation sites excluding steroid dienone is 1. The van der Waals surface area contributed by atoms with E-state index in [4.69, 9.17) is 9.47 Å². The fourth-order valence-electron chi connectivity index (χ4n) is 3.45. The summed E-state index contributed by atoms with van der Waals surface area (Å²) in [4.78, 5) is 11.8. The van der Waals surface area contributed by atoms with Gasteiger partial charge < -0.3 is 14.6 Å². The summed E-state index contributed by atoms with van der Waals surface area (Å²) in [6, 6.07) is 0. The number of carbonyl (C=O) groups is 1. The summed E-state index contributed by atoms with van der Waals surface area (Å²) >= 11 is 0. The van der Waals surface area contributed by atoms with E-state index in [2.05, 4.69) is 13.0 Å². The maximum Gasteiger partial charge on any atom is 0.309 e. The van der Waals surface area contributed by atoms with Crippen molar-refractivity contribution in [2.45, 2.75) is 63.9 Å². The Morgan fingerprint density at radius 1 is 1.47 bits per heavy atom. The summed E-state index contributed by atoms with van der Waals surface area (Å²) < 4.78 is 11.3. The molecule has 6 atom stereocenters. The molecule has 0 saturated carbocycles. The van der Waals surface area contributed by atoms with Gasteiger partial charge in [0.1, 0.15) is 12.2 Å². The zero-order valence-corrected chi connectivity index (χ0v) is 11.8. The van der Waals surface area contributed by atoms with Gasteiger partial charge in [-0.25, -0.2) is 0 Å². The molecule has 3 aliphatic rings. The SMILES string of the molecule is C/C1=C\CC[C@@]2(C)O[C@@H]2[C@H]2OC(=O)C(C)C2C[C@H]1O. The third kappa shape index (κ3) is 2.11. The number of aliphatic hydroxyl groups excluding tert-OH is 1. The zero-order valence-electron chi connectivity index (χ0n) is 11.8. The molecule has 1 N–H and O–H groups in total. The lowest BCUT2D eigenvalue weighted by Crippen LogP contribution is -2.32. The molecule has 0 radical (unpaired) electrons. The second-order valence-corrected chi connectivity index (χ2v) is 6.44. The topological polar surface area (TPSA) is 59.1 Å². The fourth-order valence-corrected chi connectivity index (χ4v) is 3.45. The quantitative estimate of drug-likeness (QED) is 0.413. The minimum atomic E-state index is -0.479. The van der Waals surface area contributed by atoms with Gasteiger partial charge in [0, 0.05) is 5.92 Å². The lowest BCUT2D eigenvalue weighted by atomic mass is 9.80. The summed E-state index contributed by atoms with van der Waals surface area (Å²) in [6.07, 6.45) is 3.83. The van der Waals surface area contributed by atoms with E-state index >= 15 is 0 Å². The molecule has 0 amide bonds. The van der Waals surface area contributed by atoms with Crippen LogP contribution in [0.3, 0.4) is 0 Å². The lowest BCUT2D eigenvalue weighted by molar-refractivity contribution is -0.144. The van der Waals surface area contributed by atoms with Crippen LogP contribution in [0, 0.1) is 11.8 Å². The van der Waals surface area contributed by atoms with E-state index in [-0.39, 0.29) is 35.6 Å². The van der Waals surface area contributed by atoms with Crippen LogP contribution in [0.5, 0.6) is 0 Å². The maximum atomic E-state index is 11.8. The molecule has 1 aliphatic carbocycles. The summed E-state index contributed by atoms with van der Waals surface area (Å²) in [5, 5.41) is 10.2. The van der Waals surface area contributed by atoms with Gasteiger partial charge in [0.05, 0.1) is 17.6 Å². The van der Waals surface area contributed by atoms with Crippen LogP contribution in [0.1, 0.15) is 40.0 Å². The summed E-state index contributed by atoms with van der Waals surface area (Å²) in [5.74, 6) is -0.253. The van der Waals surface area contributed by atoms with Crippen molar-refractivity contribution in [1.29, 1.82) is 0 Å². The Hall–Kier alpha value is -0.870. The number of carbonyl (C=O) groups excluding carboxylic acids is 1. The maximum absolute atomic E-state index is 11.8. The summed E-state index contributed by atoms with van der Waals surface area (Å²) in [7, 11) is 0. The molecule has 2 aliphatic heterocycles. The van der Waals surface area contributed by atoms with Crippen LogP contribution in [0.4, 0.5) is 0 Å². The molecule has 4 nitrogen and oxygen atoms in total. The van der Waals surface area contributed by atoms with Gasteiger partial charge in [0.2, 0.25) is 0 Å². The highest BCUT2D eigenvalue weighted by atomic mass is 16.6. The van der Waals surface area contributed by atoms with Crippen molar-refractivity contribution in [2.75, 3.05) is 0 Å². The van der Waals surface area contributed by atoms with Gasteiger partial charge >= 0.3 is 5.97 Å². The smallest absolute Gasteiger partial charge is 0.309 e. The number of hydrogen-bond donors (Lipinski definition) is 1. The van der Waals surface area contributed by atoms with Crippen molar-refractivity contribution in [2.24, 2.45) is 11.8 Å². The van der Waals surface area contributed by atoms with Crippen LogP contribution in [0.2, 0.25) is 0 Å². The molecule has 2 fully saturated rings. The van der Waals surface area contributed by atoms with Crippen molar-refractivity contribution >= 4 is 5.97 Å². The molecule has 2 heterocycles. The van der Waals surface area contributed by atoms with E-state index in [1.54, 1.807) is 0 Å². The van der Waals surface area contributed by atoms with Crippen molar-refractivity contribution in [3.63, 3.8) is 0 Å². The third-order valence-electron chi connectivity index (χ3n) is 5.06. The van der Waals surface area contributed by atoms with Gasteiger partial charge in [-0.1, -0.05) is 13.0 Å². The highest BCUT2D eigenvalue weighted by molar-refractivity contribution is 5.75. The van der Waals surface area contributed by atoms with Crippen LogP contribution < -0.4 is 0 Å². The Morgan fingerprint density at radius 3 is 2.95 bits per heavy atom. The number of epoxide rings is 1. The molecule has 0 bridgehead atoms. The van der Waals surface area contributed by atoms with E-state index in [0.717, 1.165) is 18.4 Å². The normalized spacial score (nSPS) is 52.5. The summed E-state index contributed by atoms with van der Waals surface area (Å²) in [5.41, 5.74) is 0.833. The Kier molecular flexibility index (Phi) is 2.98. The average molecular weight is 266 g/mol. The van der Waals surface area contributed by atoms with Gasteiger partial charge in [-0.15, -0.1) is 0 Å². The first-order valence-electron chi connectivity index (χ1n) is 7.15. The Bertz CT molecular complexity index is 430. The minimum Gasteiger partial charge on any atom is -0.459 e. The number of fused-ring (bicyclic) bond motifs is 3. The number of esters is 1. The molecule has 0 aromatic carbocycles. The molecule has 4 heteroatoms. The van der Waals surface area contributed by atoms with Gasteiger partial charge in [0.25, 0.3) is 0 Å². The standard InChI is InChI=1S/C15H22O4/c1-8-5-4-6-15(3)13(19-15)12-10(7-11(8)16)9(2)14(17)18-12/h5,9-13,16H,4,6-7H2,1-3H3/b8-5+/t9?,10?,11-,12+,13-,15-/m1/s1. The Morgan fingerprint density at radius 2 is 2.21 bits per heavy atom. The van der Waals surface area contributed by atoms with Crippen LogP contribution >= 0.6 is 0 Å². The average Bonchev–Trinajstić information content (AvgIpc) is 2.95. The monoisotopic (exact) mass is 266 g/mol. The van der Waals surface area contributed by atoms with Crippen molar-refractivity contribution in [1.82, 2.24) is 0 Å². The van der Waals surface area contributed by atoms with Crippen LogP contribution in [-0.2, 0) is 14.3 Å². The van der Waals surface area contributed by atoms with E-state index in [9.17, 15) is 9.90 Å². The van der Waals surface area contributed by atoms with Crippen LogP contribution in [-0.4, -0.2) is 35.0 Å². The van der Waals surface area contributed by atoms with Crippen molar-refractivity contribution in [3.8, 4) is 0 Å². The number of rotatable bonds is 0. The molecule has 2 unspecified atom stereocenters. The highest BCUT2D eigenvalue weighted by Gasteiger charge is 2.62. The molecule has 106 valence electrons. The molecular weight excluding hydrogens is 244 g/mol. The lowest BCUT2D eigenvalue weighted by Gasteiger charge is -2.23. The molecule has 3 rings (SSSR count). The first kappa shape index (κ1) is 13.1. The van der Waals surface area contributed by atoms with E-state index in [1.807, 2.05) is 13.8 Å². The first-order valence-corrected chi connectivity index (χ1v) is 7.15. The fraction of sp³-hybridized carbons (Fsp3) is 0.800. The van der Waals surface area contributed by atoms with Gasteiger partial charge in [-0.2, -0.15) is 0 Å². The van der Waals surface area contributed by atoms with E-state index in [0.29, 0.717) is 6.42 Å². The largest absolute Gasteiger partial charge is 0.459 e. The zero-order chi connectivity index (χ0) is 13.8. The van der Waals surface area contributed by atoms with Gasteiger partial charge in [-0.3, -0.25) is 4.79 Å². The summed E-state index contributed by atoms with van der Waals surface area (Å²) in [6.45, 7) is 5.94. The van der Waals surface area contributed by atoms with Crippen molar-refractivity contribution in [3.05, 3.63) is 11.6 Å². The van der Waals surface area contributed by atoms with Crippen LogP contribution in [0.15, 0.2) is 11.6 Å². The Labute approximate surface area is 113 Å². The van der Waals surface area contributed by atoms with Crippen molar-refractivity contribution < 1.29 is 19.4 Å². The Balaban J connectivity index is 1.89. The molecule has 19 heavy (non-hydrogen) atoms. The second-order valence-electron chi connectivity index (χ2n) is 6.44. The van der Waals surface area contributed by atoms with E-state index in [1.165, 1.54) is 0 Å². The van der Waals surface area contributed by atoms with E-state index < -0.39 is 6.10 Å². The first-order chi connectivity index (χ1) is 8.92. The predicted octanol–water partition coefficient (Wildman–Crippen LogP) is 1.81. The molecule has 0 spiro atoms. The number of aliphatic hydroxyl groups is 1. The molecule has 2 saturated heterocycles. The van der Waals surface area contributed by atoms with Crippen LogP contribution in [0.25, 0.3) is 0 Å². The predicted molar refractivity (Wildman–Crippen MR) is 69.4 cm³/mol. The van der Waals surface area contributed by atoms with Gasteiger partial charge in [0.15, 0.2) is 0 Å². The third-order valence-corrected chi connectivity index (χ3v) is 5.06. The molecule has 0 aromatic rings. The molecule has 0 aromatic heterocycles. The second kappa shape index (κ2) is 4.32. The number of hydrogen-bond acceptors (Lipinski definition) is 4. The minimum absolute atomic E-state index is 0.00501.